The first-order valence-corrected chi connectivity index (χ1v) is 8.76. The van der Waals surface area contributed by atoms with E-state index in [1.54, 1.807) is 19.6 Å². The third-order valence-electron chi connectivity index (χ3n) is 4.08. The maximum absolute atomic E-state index is 12.4. The SMILES string of the molecule is COc1ccc(OCC(C)NC(=O)c2ccc(Cn3ccnc3)cc2)cc1. The Morgan fingerprint density at radius 3 is 2.44 bits per heavy atom. The number of nitrogens with zero attached hydrogens (tertiary/aromatic N) is 2. The average Bonchev–Trinajstić information content (AvgIpc) is 3.20. The van der Waals surface area contributed by atoms with E-state index in [-0.39, 0.29) is 11.9 Å². The molecule has 0 saturated heterocycles. The molecule has 27 heavy (non-hydrogen) atoms. The van der Waals surface area contributed by atoms with Crippen LogP contribution in [0.15, 0.2) is 67.3 Å². The van der Waals surface area contributed by atoms with Crippen molar-refractivity contribution in [3.8, 4) is 11.5 Å². The quantitative estimate of drug-likeness (QED) is 0.666. The van der Waals surface area contributed by atoms with Crippen molar-refractivity contribution in [1.29, 1.82) is 0 Å². The molecule has 0 aliphatic heterocycles. The number of aromatic nitrogens is 2. The number of hydrogen-bond acceptors (Lipinski definition) is 4. The molecule has 0 spiro atoms. The Kier molecular flexibility index (Phi) is 6.10. The van der Waals surface area contributed by atoms with Crippen molar-refractivity contribution >= 4 is 5.91 Å². The number of rotatable bonds is 8. The number of imidazole rings is 1. The van der Waals surface area contributed by atoms with Gasteiger partial charge in [-0.05, 0) is 48.9 Å². The van der Waals surface area contributed by atoms with Gasteiger partial charge in [-0.2, -0.15) is 0 Å². The third kappa shape index (κ3) is 5.34. The predicted molar refractivity (Wildman–Crippen MR) is 103 cm³/mol. The second-order valence-electron chi connectivity index (χ2n) is 6.29. The van der Waals surface area contributed by atoms with Crippen molar-refractivity contribution in [3.05, 3.63) is 78.4 Å². The Morgan fingerprint density at radius 1 is 1.11 bits per heavy atom. The van der Waals surface area contributed by atoms with E-state index in [1.807, 2.05) is 66.2 Å². The average molecular weight is 365 g/mol. The van der Waals surface area contributed by atoms with Crippen LogP contribution >= 0.6 is 0 Å². The molecule has 0 aliphatic carbocycles. The van der Waals surface area contributed by atoms with Crippen LogP contribution < -0.4 is 14.8 Å². The van der Waals surface area contributed by atoms with E-state index in [4.69, 9.17) is 9.47 Å². The third-order valence-corrected chi connectivity index (χ3v) is 4.08. The van der Waals surface area contributed by atoms with Crippen LogP contribution in [0.2, 0.25) is 0 Å². The van der Waals surface area contributed by atoms with Crippen LogP contribution in [-0.4, -0.2) is 35.2 Å². The van der Waals surface area contributed by atoms with Gasteiger partial charge in [0.15, 0.2) is 0 Å². The number of nitrogens with one attached hydrogen (secondary N) is 1. The summed E-state index contributed by atoms with van der Waals surface area (Å²) in [5.74, 6) is 1.40. The Hall–Kier alpha value is -3.28. The maximum atomic E-state index is 12.4. The van der Waals surface area contributed by atoms with E-state index < -0.39 is 0 Å². The van der Waals surface area contributed by atoms with Gasteiger partial charge in [-0.3, -0.25) is 4.79 Å². The van der Waals surface area contributed by atoms with Crippen LogP contribution in [0.3, 0.4) is 0 Å². The van der Waals surface area contributed by atoms with Gasteiger partial charge in [0.2, 0.25) is 0 Å². The number of ether oxygens (including phenoxy) is 2. The Labute approximate surface area is 158 Å². The summed E-state index contributed by atoms with van der Waals surface area (Å²) in [6.07, 6.45) is 5.42. The molecular weight excluding hydrogens is 342 g/mol. The van der Waals surface area contributed by atoms with E-state index in [0.717, 1.165) is 23.6 Å². The number of hydrogen-bond donors (Lipinski definition) is 1. The van der Waals surface area contributed by atoms with Crippen molar-refractivity contribution in [2.45, 2.75) is 19.5 Å². The molecule has 1 heterocycles. The maximum Gasteiger partial charge on any atom is 0.251 e. The molecule has 2 aromatic carbocycles. The molecular formula is C21H23N3O3. The summed E-state index contributed by atoms with van der Waals surface area (Å²) in [6, 6.07) is 14.8. The highest BCUT2D eigenvalue weighted by molar-refractivity contribution is 5.94. The molecule has 3 aromatic rings. The lowest BCUT2D eigenvalue weighted by Gasteiger charge is -2.15. The largest absolute Gasteiger partial charge is 0.497 e. The summed E-state index contributed by atoms with van der Waals surface area (Å²) in [5.41, 5.74) is 1.74. The molecule has 1 unspecified atom stereocenters. The van der Waals surface area contributed by atoms with E-state index in [9.17, 15) is 4.79 Å². The predicted octanol–water partition coefficient (Wildman–Crippen LogP) is 3.14. The number of carbonyl (C=O) groups excluding carboxylic acids is 1. The highest BCUT2D eigenvalue weighted by Crippen LogP contribution is 2.17. The second-order valence-corrected chi connectivity index (χ2v) is 6.29. The van der Waals surface area contributed by atoms with E-state index in [0.29, 0.717) is 12.2 Å². The zero-order chi connectivity index (χ0) is 19.1. The van der Waals surface area contributed by atoms with Crippen LogP contribution in [0.1, 0.15) is 22.8 Å². The molecule has 1 amide bonds. The number of carbonyl (C=O) groups is 1. The molecule has 3 rings (SSSR count). The van der Waals surface area contributed by atoms with Gasteiger partial charge in [-0.25, -0.2) is 4.98 Å². The molecule has 1 N–H and O–H groups in total. The highest BCUT2D eigenvalue weighted by Gasteiger charge is 2.10. The first-order valence-electron chi connectivity index (χ1n) is 8.76. The molecule has 0 bridgehead atoms. The van der Waals surface area contributed by atoms with E-state index in [1.165, 1.54) is 0 Å². The summed E-state index contributed by atoms with van der Waals surface area (Å²) >= 11 is 0. The number of amides is 1. The van der Waals surface area contributed by atoms with Gasteiger partial charge < -0.3 is 19.4 Å². The zero-order valence-corrected chi connectivity index (χ0v) is 15.5. The molecule has 140 valence electrons. The fraction of sp³-hybridized carbons (Fsp3) is 0.238. The molecule has 6 nitrogen and oxygen atoms in total. The molecule has 0 fully saturated rings. The lowest BCUT2D eigenvalue weighted by molar-refractivity contribution is 0.0926. The normalized spacial score (nSPS) is 11.6. The number of benzene rings is 2. The molecule has 0 aliphatic rings. The van der Waals surface area contributed by atoms with E-state index >= 15 is 0 Å². The van der Waals surface area contributed by atoms with Gasteiger partial charge in [-0.1, -0.05) is 12.1 Å². The van der Waals surface area contributed by atoms with Crippen molar-refractivity contribution in [1.82, 2.24) is 14.9 Å². The summed E-state index contributed by atoms with van der Waals surface area (Å²) in [4.78, 5) is 16.4. The van der Waals surface area contributed by atoms with Crippen LogP contribution in [0.5, 0.6) is 11.5 Å². The Bertz CT molecular complexity index is 843. The molecule has 6 heteroatoms. The topological polar surface area (TPSA) is 65.4 Å². The molecule has 1 atom stereocenters. The minimum absolute atomic E-state index is 0.116. The van der Waals surface area contributed by atoms with Crippen molar-refractivity contribution in [3.63, 3.8) is 0 Å². The van der Waals surface area contributed by atoms with Crippen molar-refractivity contribution in [2.75, 3.05) is 13.7 Å². The second kappa shape index (κ2) is 8.89. The first-order chi connectivity index (χ1) is 13.1. The molecule has 0 radical (unpaired) electrons. The highest BCUT2D eigenvalue weighted by atomic mass is 16.5. The van der Waals surface area contributed by atoms with Crippen molar-refractivity contribution in [2.24, 2.45) is 0 Å². The summed E-state index contributed by atoms with van der Waals surface area (Å²) in [6.45, 7) is 3.03. The summed E-state index contributed by atoms with van der Waals surface area (Å²) in [5, 5.41) is 2.95. The summed E-state index contributed by atoms with van der Waals surface area (Å²) in [7, 11) is 1.62. The van der Waals surface area contributed by atoms with Crippen molar-refractivity contribution < 1.29 is 14.3 Å². The lowest BCUT2D eigenvalue weighted by Crippen LogP contribution is -2.36. The fourth-order valence-corrected chi connectivity index (χ4v) is 2.59. The fourth-order valence-electron chi connectivity index (χ4n) is 2.59. The monoisotopic (exact) mass is 365 g/mol. The Balaban J connectivity index is 1.48. The van der Waals surface area contributed by atoms with Gasteiger partial charge >= 0.3 is 0 Å². The van der Waals surface area contributed by atoms with Gasteiger partial charge in [0.25, 0.3) is 5.91 Å². The standard InChI is InChI=1S/C21H23N3O3/c1-16(14-27-20-9-7-19(26-2)8-10-20)23-21(25)18-5-3-17(4-6-18)13-24-12-11-22-15-24/h3-12,15-16H,13-14H2,1-2H3,(H,23,25). The van der Waals surface area contributed by atoms with Gasteiger partial charge in [0, 0.05) is 24.5 Å². The van der Waals surface area contributed by atoms with E-state index in [2.05, 4.69) is 10.3 Å². The molecule has 0 saturated carbocycles. The van der Waals surface area contributed by atoms with Gasteiger partial charge in [-0.15, -0.1) is 0 Å². The smallest absolute Gasteiger partial charge is 0.251 e. The van der Waals surface area contributed by atoms with Gasteiger partial charge in [0.1, 0.15) is 18.1 Å². The minimum atomic E-state index is -0.120. The number of methoxy groups -OCH3 is 1. The summed E-state index contributed by atoms with van der Waals surface area (Å²) < 4.78 is 12.8. The zero-order valence-electron chi connectivity index (χ0n) is 15.5. The first kappa shape index (κ1) is 18.5. The van der Waals surface area contributed by atoms with Crippen LogP contribution in [-0.2, 0) is 6.54 Å². The van der Waals surface area contributed by atoms with Crippen LogP contribution in [0.25, 0.3) is 0 Å². The minimum Gasteiger partial charge on any atom is -0.497 e. The lowest BCUT2D eigenvalue weighted by atomic mass is 10.1. The Morgan fingerprint density at radius 2 is 1.81 bits per heavy atom. The molecule has 1 aromatic heterocycles. The van der Waals surface area contributed by atoms with Crippen LogP contribution in [0.4, 0.5) is 0 Å². The van der Waals surface area contributed by atoms with Crippen LogP contribution in [0, 0.1) is 0 Å². The van der Waals surface area contributed by atoms with Gasteiger partial charge in [0.05, 0.1) is 19.5 Å².